The van der Waals surface area contributed by atoms with Gasteiger partial charge in [0.1, 0.15) is 11.7 Å². The molecule has 5 heteroatoms. The second-order valence-corrected chi connectivity index (χ2v) is 4.48. The Morgan fingerprint density at radius 2 is 1.88 bits per heavy atom. The van der Waals surface area contributed by atoms with Crippen molar-refractivity contribution in [1.29, 1.82) is 5.26 Å². The molecule has 0 heterocycles. The third kappa shape index (κ3) is 3.13. The average molecular weight is 237 g/mol. The lowest BCUT2D eigenvalue weighted by Crippen LogP contribution is -2.21. The zero-order chi connectivity index (χ0) is 13.2. The number of nitriles is 1. The zero-order valence-electron chi connectivity index (χ0n) is 10.1. The van der Waals surface area contributed by atoms with Gasteiger partial charge in [-0.3, -0.25) is 14.4 Å². The molecular weight excluding hydrogens is 222 g/mol. The van der Waals surface area contributed by atoms with Crippen molar-refractivity contribution in [2.75, 3.05) is 0 Å². The second kappa shape index (κ2) is 5.09. The summed E-state index contributed by atoms with van der Waals surface area (Å²) in [5, 5.41) is 8.85. The summed E-state index contributed by atoms with van der Waals surface area (Å²) >= 11 is 0. The predicted octanol–water partition coefficient (Wildman–Crippen LogP) is 1.08. The highest BCUT2D eigenvalue weighted by Crippen LogP contribution is 2.49. The van der Waals surface area contributed by atoms with Gasteiger partial charge in [-0.15, -0.1) is 0 Å². The van der Waals surface area contributed by atoms with Gasteiger partial charge in [-0.25, -0.2) is 0 Å². The number of carbonyl (C=O) groups is 3. The van der Waals surface area contributed by atoms with E-state index in [0.29, 0.717) is 6.42 Å². The Labute approximate surface area is 99.7 Å². The number of hydrogen-bond acceptors (Lipinski definition) is 5. The van der Waals surface area contributed by atoms with Crippen molar-refractivity contribution < 1.29 is 19.1 Å². The molecule has 0 N–H and O–H groups in total. The van der Waals surface area contributed by atoms with Crippen molar-refractivity contribution in [3.8, 4) is 6.07 Å². The highest BCUT2D eigenvalue weighted by Gasteiger charge is 2.50. The van der Waals surface area contributed by atoms with Crippen LogP contribution in [0.5, 0.6) is 0 Å². The van der Waals surface area contributed by atoms with E-state index in [2.05, 4.69) is 4.74 Å². The van der Waals surface area contributed by atoms with Gasteiger partial charge in [0.15, 0.2) is 0 Å². The second-order valence-electron chi connectivity index (χ2n) is 4.48. The number of Topliss-reactive ketones (excluding diaryl/α,β-unsaturated/α-hetero) is 1. The molecule has 17 heavy (non-hydrogen) atoms. The Morgan fingerprint density at radius 3 is 2.29 bits per heavy atom. The van der Waals surface area contributed by atoms with E-state index in [9.17, 15) is 14.4 Å². The van der Waals surface area contributed by atoms with Gasteiger partial charge in [0, 0.05) is 6.92 Å². The predicted molar refractivity (Wildman–Crippen MR) is 57.3 cm³/mol. The Hall–Kier alpha value is -1.70. The molecule has 0 aromatic heterocycles. The Morgan fingerprint density at radius 1 is 1.29 bits per heavy atom. The first-order valence-electron chi connectivity index (χ1n) is 5.50. The standard InChI is InChI=1S/C12H15NO4/c1-6(12(16)17-8(3)15)9-4-10(9)11(5-13)7(2)14/h6,9-11H,4H2,1-3H3. The number of ether oxygens (including phenoxy) is 1. The van der Waals surface area contributed by atoms with E-state index >= 15 is 0 Å². The van der Waals surface area contributed by atoms with Crippen LogP contribution in [0.1, 0.15) is 27.2 Å². The van der Waals surface area contributed by atoms with Crippen LogP contribution in [0.4, 0.5) is 0 Å². The zero-order valence-corrected chi connectivity index (χ0v) is 10.1. The first kappa shape index (κ1) is 13.4. The van der Waals surface area contributed by atoms with E-state index in [1.807, 2.05) is 6.07 Å². The summed E-state index contributed by atoms with van der Waals surface area (Å²) in [6.07, 6.45) is 0.659. The number of nitrogens with zero attached hydrogens (tertiary/aromatic N) is 1. The number of hydrogen-bond donors (Lipinski definition) is 0. The number of ketones is 1. The molecule has 0 spiro atoms. The van der Waals surface area contributed by atoms with Crippen molar-refractivity contribution in [2.45, 2.75) is 27.2 Å². The number of carbonyl (C=O) groups excluding carboxylic acids is 3. The summed E-state index contributed by atoms with van der Waals surface area (Å²) in [7, 11) is 0. The maximum Gasteiger partial charge on any atom is 0.316 e. The summed E-state index contributed by atoms with van der Waals surface area (Å²) in [4.78, 5) is 33.3. The quantitative estimate of drug-likeness (QED) is 0.539. The fourth-order valence-corrected chi connectivity index (χ4v) is 2.09. The van der Waals surface area contributed by atoms with Crippen LogP contribution in [0.25, 0.3) is 0 Å². The minimum Gasteiger partial charge on any atom is -0.393 e. The van der Waals surface area contributed by atoms with Crippen LogP contribution >= 0.6 is 0 Å². The van der Waals surface area contributed by atoms with Crippen LogP contribution in [-0.4, -0.2) is 17.7 Å². The fourth-order valence-electron chi connectivity index (χ4n) is 2.09. The molecule has 0 aromatic carbocycles. The third-order valence-electron chi connectivity index (χ3n) is 3.15. The SMILES string of the molecule is CC(=O)OC(=O)C(C)C1CC1C(C#N)C(C)=O. The molecule has 5 nitrogen and oxygen atoms in total. The molecule has 0 amide bonds. The van der Waals surface area contributed by atoms with Gasteiger partial charge in [0.2, 0.25) is 0 Å². The Balaban J connectivity index is 2.56. The molecular formula is C12H15NO4. The van der Waals surface area contributed by atoms with Crippen LogP contribution in [0.15, 0.2) is 0 Å². The monoisotopic (exact) mass is 237 g/mol. The highest BCUT2D eigenvalue weighted by atomic mass is 16.6. The summed E-state index contributed by atoms with van der Waals surface area (Å²) in [5.74, 6) is -2.59. The summed E-state index contributed by atoms with van der Waals surface area (Å²) in [5.41, 5.74) is 0. The third-order valence-corrected chi connectivity index (χ3v) is 3.15. The Bertz CT molecular complexity index is 396. The molecule has 0 aromatic rings. The Kier molecular flexibility index (Phi) is 4.00. The summed E-state index contributed by atoms with van der Waals surface area (Å²) < 4.78 is 4.49. The molecule has 1 fully saturated rings. The van der Waals surface area contributed by atoms with Crippen molar-refractivity contribution >= 4 is 17.7 Å². The topological polar surface area (TPSA) is 84.2 Å². The van der Waals surface area contributed by atoms with Gasteiger partial charge in [0.25, 0.3) is 0 Å². The first-order valence-corrected chi connectivity index (χ1v) is 5.50. The van der Waals surface area contributed by atoms with Gasteiger partial charge in [-0.05, 0) is 25.2 Å². The van der Waals surface area contributed by atoms with Gasteiger partial charge in [-0.2, -0.15) is 5.26 Å². The van der Waals surface area contributed by atoms with Crippen molar-refractivity contribution in [1.82, 2.24) is 0 Å². The van der Waals surface area contributed by atoms with E-state index in [-0.39, 0.29) is 17.6 Å². The molecule has 4 atom stereocenters. The smallest absolute Gasteiger partial charge is 0.316 e. The van der Waals surface area contributed by atoms with Crippen molar-refractivity contribution in [2.24, 2.45) is 23.7 Å². The van der Waals surface area contributed by atoms with E-state index < -0.39 is 23.8 Å². The minimum absolute atomic E-state index is 0.0320. The molecule has 0 bridgehead atoms. The molecule has 1 aliphatic carbocycles. The lowest BCUT2D eigenvalue weighted by atomic mass is 9.95. The maximum atomic E-state index is 11.5. The van der Waals surface area contributed by atoms with Crippen LogP contribution in [0, 0.1) is 35.0 Å². The van der Waals surface area contributed by atoms with Gasteiger partial charge in [-0.1, -0.05) is 6.92 Å². The first-order chi connectivity index (χ1) is 7.88. The van der Waals surface area contributed by atoms with Gasteiger partial charge >= 0.3 is 11.9 Å². The van der Waals surface area contributed by atoms with Gasteiger partial charge in [0.05, 0.1) is 12.0 Å². The molecule has 0 saturated heterocycles. The van der Waals surface area contributed by atoms with Crippen LogP contribution < -0.4 is 0 Å². The average Bonchev–Trinajstić information content (AvgIpc) is 2.96. The normalized spacial score (nSPS) is 25.3. The highest BCUT2D eigenvalue weighted by molar-refractivity contribution is 5.86. The van der Waals surface area contributed by atoms with E-state index in [4.69, 9.17) is 5.26 Å². The van der Waals surface area contributed by atoms with Crippen molar-refractivity contribution in [3.63, 3.8) is 0 Å². The molecule has 1 aliphatic rings. The number of rotatable bonds is 4. The largest absolute Gasteiger partial charge is 0.393 e. The lowest BCUT2D eigenvalue weighted by molar-refractivity contribution is -0.161. The van der Waals surface area contributed by atoms with Crippen molar-refractivity contribution in [3.05, 3.63) is 0 Å². The van der Waals surface area contributed by atoms with Crippen LogP contribution in [0.2, 0.25) is 0 Å². The minimum atomic E-state index is -0.646. The van der Waals surface area contributed by atoms with E-state index in [1.165, 1.54) is 13.8 Å². The molecule has 0 radical (unpaired) electrons. The van der Waals surface area contributed by atoms with E-state index in [1.54, 1.807) is 6.92 Å². The molecule has 0 aliphatic heterocycles. The summed E-state index contributed by atoms with van der Waals surface area (Å²) in [6, 6.07) is 1.96. The molecule has 92 valence electrons. The number of esters is 2. The molecule has 1 rings (SSSR count). The summed E-state index contributed by atoms with van der Waals surface area (Å²) in [6.45, 7) is 4.20. The van der Waals surface area contributed by atoms with Crippen LogP contribution in [0.3, 0.4) is 0 Å². The van der Waals surface area contributed by atoms with Gasteiger partial charge < -0.3 is 4.74 Å². The molecule has 4 unspecified atom stereocenters. The maximum absolute atomic E-state index is 11.5. The molecule has 1 saturated carbocycles. The fraction of sp³-hybridized carbons (Fsp3) is 0.667. The lowest BCUT2D eigenvalue weighted by Gasteiger charge is -2.10. The van der Waals surface area contributed by atoms with E-state index in [0.717, 1.165) is 0 Å². The van der Waals surface area contributed by atoms with Crippen LogP contribution in [-0.2, 0) is 19.1 Å².